The van der Waals surface area contributed by atoms with E-state index < -0.39 is 6.17 Å². The second kappa shape index (κ2) is 8.23. The topological polar surface area (TPSA) is 129 Å². The molecule has 1 aromatic carbocycles. The molecule has 1 saturated carbocycles. The van der Waals surface area contributed by atoms with E-state index in [1.165, 1.54) is 16.9 Å². The van der Waals surface area contributed by atoms with E-state index in [-0.39, 0.29) is 40.9 Å². The monoisotopic (exact) mass is 475 g/mol. The van der Waals surface area contributed by atoms with E-state index in [0.717, 1.165) is 38.5 Å². The molecule has 2 saturated heterocycles. The van der Waals surface area contributed by atoms with Crippen LogP contribution in [-0.4, -0.2) is 65.1 Å². The SMILES string of the molecule is C[C@]12CCC[C@@H](N1)[C@H](F)[C@H](N(c1cnc(-c3ccc(-n4cc(C#N)nn4)cc3O)nn1)C1CC1)C2. The summed E-state index contributed by atoms with van der Waals surface area (Å²) in [5.74, 6) is 0.805. The van der Waals surface area contributed by atoms with Gasteiger partial charge in [-0.05, 0) is 57.6 Å². The van der Waals surface area contributed by atoms with E-state index in [1.807, 2.05) is 6.07 Å². The van der Waals surface area contributed by atoms with E-state index >= 15 is 4.39 Å². The number of alkyl halides is 1. The number of hydrogen-bond donors (Lipinski definition) is 2. The maximum Gasteiger partial charge on any atom is 0.185 e. The lowest BCUT2D eigenvalue weighted by molar-refractivity contribution is 0.0584. The third kappa shape index (κ3) is 3.97. The Balaban J connectivity index is 1.26. The van der Waals surface area contributed by atoms with Crippen LogP contribution in [0.2, 0.25) is 0 Å². The highest BCUT2D eigenvalue weighted by atomic mass is 19.1. The Kier molecular flexibility index (Phi) is 5.14. The molecule has 35 heavy (non-hydrogen) atoms. The molecule has 1 aliphatic carbocycles. The zero-order valence-electron chi connectivity index (χ0n) is 19.3. The molecule has 2 bridgehead atoms. The van der Waals surface area contributed by atoms with Gasteiger partial charge in [-0.15, -0.1) is 15.3 Å². The van der Waals surface area contributed by atoms with E-state index in [9.17, 15) is 5.11 Å². The number of anilines is 1. The number of nitrogens with one attached hydrogen (secondary N) is 1. The number of piperidine rings is 2. The minimum atomic E-state index is -0.972. The Labute approximate surface area is 201 Å². The fourth-order valence-corrected chi connectivity index (χ4v) is 5.58. The van der Waals surface area contributed by atoms with Crippen molar-refractivity contribution in [1.82, 2.24) is 35.5 Å². The molecule has 6 rings (SSSR count). The largest absolute Gasteiger partial charge is 0.507 e. The van der Waals surface area contributed by atoms with Crippen molar-refractivity contribution in [3.63, 3.8) is 0 Å². The van der Waals surface area contributed by atoms with E-state index in [1.54, 1.807) is 18.3 Å². The molecule has 11 heteroatoms. The van der Waals surface area contributed by atoms with Crippen LogP contribution >= 0.6 is 0 Å². The van der Waals surface area contributed by atoms with Gasteiger partial charge < -0.3 is 15.3 Å². The minimum Gasteiger partial charge on any atom is -0.507 e. The lowest BCUT2D eigenvalue weighted by Gasteiger charge is -2.52. The summed E-state index contributed by atoms with van der Waals surface area (Å²) in [4.78, 5) is 6.58. The highest BCUT2D eigenvalue weighted by Gasteiger charge is 2.50. The Morgan fingerprint density at radius 1 is 1.26 bits per heavy atom. The van der Waals surface area contributed by atoms with Crippen LogP contribution in [-0.2, 0) is 0 Å². The molecular weight excluding hydrogens is 449 g/mol. The van der Waals surface area contributed by atoms with Gasteiger partial charge in [-0.3, -0.25) is 0 Å². The van der Waals surface area contributed by atoms with Crippen LogP contribution < -0.4 is 10.2 Å². The van der Waals surface area contributed by atoms with Crippen LogP contribution in [0.25, 0.3) is 17.1 Å². The number of halogens is 1. The predicted octanol–water partition coefficient (Wildman–Crippen LogP) is 2.68. The second-order valence-corrected chi connectivity index (χ2v) is 10.1. The Hall–Kier alpha value is -3.65. The average molecular weight is 476 g/mol. The van der Waals surface area contributed by atoms with Gasteiger partial charge in [-0.2, -0.15) is 5.26 Å². The van der Waals surface area contributed by atoms with Crippen molar-refractivity contribution in [2.75, 3.05) is 4.90 Å². The van der Waals surface area contributed by atoms with Gasteiger partial charge in [-0.25, -0.2) is 14.1 Å². The molecule has 2 aromatic heterocycles. The first-order valence-corrected chi connectivity index (χ1v) is 12.0. The molecule has 4 atom stereocenters. The Bertz CT molecular complexity index is 1280. The number of fused-ring (bicyclic) bond motifs is 2. The molecule has 0 amide bonds. The third-order valence-corrected chi connectivity index (χ3v) is 7.40. The standard InChI is InChI=1S/C24H26FN9O/c1-24-8-2-3-18(28-24)22(25)19(10-24)34(15-4-5-15)21-12-27-23(31-30-21)17-7-6-16(9-20(17)35)33-13-14(11-26)29-32-33/h6-7,9,12-13,15,18-19,22,28,35H,2-5,8,10H2,1H3/t18-,19-,22+,24-/m1/s1. The fourth-order valence-electron chi connectivity index (χ4n) is 5.58. The number of phenols is 1. The minimum absolute atomic E-state index is 0.0481. The fraction of sp³-hybridized carbons (Fsp3) is 0.500. The highest BCUT2D eigenvalue weighted by Crippen LogP contribution is 2.42. The number of hydrogen-bond acceptors (Lipinski definition) is 9. The van der Waals surface area contributed by atoms with Crippen LogP contribution in [0.4, 0.5) is 10.2 Å². The van der Waals surface area contributed by atoms with Crippen molar-refractivity contribution in [2.24, 2.45) is 0 Å². The normalized spacial score (nSPS) is 27.9. The van der Waals surface area contributed by atoms with Crippen molar-refractivity contribution >= 4 is 5.82 Å². The van der Waals surface area contributed by atoms with E-state index in [2.05, 4.69) is 42.6 Å². The molecule has 0 unspecified atom stereocenters. The van der Waals surface area contributed by atoms with Gasteiger partial charge in [-0.1, -0.05) is 5.21 Å². The first-order chi connectivity index (χ1) is 16.9. The van der Waals surface area contributed by atoms with Crippen molar-refractivity contribution in [3.05, 3.63) is 36.3 Å². The zero-order chi connectivity index (χ0) is 24.2. The number of phenolic OH excluding ortho intramolecular Hbond substituents is 1. The summed E-state index contributed by atoms with van der Waals surface area (Å²) in [5.41, 5.74) is 1.08. The summed E-state index contributed by atoms with van der Waals surface area (Å²) in [7, 11) is 0. The van der Waals surface area contributed by atoms with Crippen molar-refractivity contribution in [1.29, 1.82) is 5.26 Å². The molecule has 180 valence electrons. The van der Waals surface area contributed by atoms with Crippen molar-refractivity contribution in [2.45, 2.75) is 75.3 Å². The second-order valence-electron chi connectivity index (χ2n) is 10.1. The molecule has 2 N–H and O–H groups in total. The number of aromatic nitrogens is 6. The molecule has 2 aliphatic heterocycles. The summed E-state index contributed by atoms with van der Waals surface area (Å²) in [6.07, 6.45) is 7.85. The lowest BCUT2D eigenvalue weighted by atomic mass is 9.74. The number of benzene rings is 1. The quantitative estimate of drug-likeness (QED) is 0.572. The van der Waals surface area contributed by atoms with Crippen LogP contribution in [0.5, 0.6) is 5.75 Å². The van der Waals surface area contributed by atoms with Gasteiger partial charge >= 0.3 is 0 Å². The molecule has 3 fully saturated rings. The smallest absolute Gasteiger partial charge is 0.185 e. The Morgan fingerprint density at radius 3 is 2.80 bits per heavy atom. The maximum absolute atomic E-state index is 15.6. The van der Waals surface area contributed by atoms with Crippen LogP contribution in [0.15, 0.2) is 30.6 Å². The molecular formula is C24H26FN9O. The molecule has 3 aliphatic rings. The molecule has 10 nitrogen and oxygen atoms in total. The van der Waals surface area contributed by atoms with Gasteiger partial charge in [0.2, 0.25) is 0 Å². The van der Waals surface area contributed by atoms with Crippen LogP contribution in [0, 0.1) is 11.3 Å². The maximum atomic E-state index is 15.6. The van der Waals surface area contributed by atoms with Gasteiger partial charge in [0.05, 0.1) is 29.7 Å². The van der Waals surface area contributed by atoms with E-state index in [4.69, 9.17) is 5.26 Å². The highest BCUT2D eigenvalue weighted by molar-refractivity contribution is 5.66. The third-order valence-electron chi connectivity index (χ3n) is 7.40. The zero-order valence-corrected chi connectivity index (χ0v) is 19.3. The predicted molar refractivity (Wildman–Crippen MR) is 125 cm³/mol. The van der Waals surface area contributed by atoms with E-state index in [0.29, 0.717) is 17.1 Å². The van der Waals surface area contributed by atoms with Crippen LogP contribution in [0.3, 0.4) is 0 Å². The van der Waals surface area contributed by atoms with Gasteiger partial charge in [0.1, 0.15) is 18.0 Å². The summed E-state index contributed by atoms with van der Waals surface area (Å²) >= 11 is 0. The summed E-state index contributed by atoms with van der Waals surface area (Å²) in [6.45, 7) is 2.20. The van der Waals surface area contributed by atoms with Gasteiger partial charge in [0, 0.05) is 23.7 Å². The number of aromatic hydroxyl groups is 1. The lowest BCUT2D eigenvalue weighted by Crippen LogP contribution is -2.67. The summed E-state index contributed by atoms with van der Waals surface area (Å²) < 4.78 is 17.0. The molecule has 0 radical (unpaired) electrons. The molecule has 4 heterocycles. The van der Waals surface area contributed by atoms with Gasteiger partial charge in [0.15, 0.2) is 17.3 Å². The first-order valence-electron chi connectivity index (χ1n) is 12.0. The number of rotatable bonds is 5. The van der Waals surface area contributed by atoms with Gasteiger partial charge in [0.25, 0.3) is 0 Å². The number of nitrogens with zero attached hydrogens (tertiary/aromatic N) is 8. The summed E-state index contributed by atoms with van der Waals surface area (Å²) in [5, 5.41) is 39.4. The number of nitriles is 1. The van der Waals surface area contributed by atoms with Crippen molar-refractivity contribution in [3.8, 4) is 28.9 Å². The molecule has 3 aromatic rings. The molecule has 0 spiro atoms. The summed E-state index contributed by atoms with van der Waals surface area (Å²) in [6, 6.07) is 6.69. The Morgan fingerprint density at radius 2 is 2.11 bits per heavy atom. The first kappa shape index (κ1) is 21.9. The van der Waals surface area contributed by atoms with Crippen molar-refractivity contribution < 1.29 is 9.50 Å². The average Bonchev–Trinajstić information content (AvgIpc) is 3.57. The van der Waals surface area contributed by atoms with Crippen LogP contribution in [0.1, 0.15) is 51.1 Å².